The van der Waals surface area contributed by atoms with Gasteiger partial charge in [-0.2, -0.15) is 26.3 Å². The van der Waals surface area contributed by atoms with Gasteiger partial charge in [-0.05, 0) is 47.0 Å². The van der Waals surface area contributed by atoms with Crippen molar-refractivity contribution in [2.24, 2.45) is 0 Å². The van der Waals surface area contributed by atoms with Crippen molar-refractivity contribution >= 4 is 15.7 Å². The molecule has 6 rings (SSSR count). The maximum absolute atomic E-state index is 14.4. The van der Waals surface area contributed by atoms with Crippen LogP contribution in [0.3, 0.4) is 0 Å². The molecule has 0 saturated carbocycles. The average Bonchev–Trinajstić information content (AvgIpc) is 3.62. The number of rotatable bonds is 3. The van der Waals surface area contributed by atoms with E-state index in [1.54, 1.807) is 6.07 Å². The van der Waals surface area contributed by atoms with Gasteiger partial charge in [-0.3, -0.25) is 14.8 Å². The van der Waals surface area contributed by atoms with E-state index in [-0.39, 0.29) is 40.2 Å². The fraction of sp³-hybridized carbons (Fsp3) is 0.233. The standard InChI is InChI=1S/C22H16F4N2O3S.C8H7F3N2/c1-32(30,31)15-6-7-16(17-4-2-3-5-19(17)23)18(9-15)21(29)28-11-13-8-14(22(24,25)26)10-27-20(13)12-28;9-8(10,11)6-1-5-2-12-4-7(5)13-3-6/h2-10H,11-12H2,1H3;1,3,12H,2,4H2. The molecule has 15 heteroatoms. The third kappa shape index (κ3) is 6.99. The zero-order chi connectivity index (χ0) is 32.7. The molecule has 0 fully saturated rings. The molecule has 2 aliphatic rings. The molecule has 0 saturated heterocycles. The molecule has 0 spiro atoms. The summed E-state index contributed by atoms with van der Waals surface area (Å²) in [6.45, 7) is 0.858. The van der Waals surface area contributed by atoms with Crippen molar-refractivity contribution in [2.75, 3.05) is 6.26 Å². The second-order valence-corrected chi connectivity index (χ2v) is 12.4. The molecule has 0 aliphatic carbocycles. The van der Waals surface area contributed by atoms with Crippen molar-refractivity contribution in [3.05, 3.63) is 112 Å². The van der Waals surface area contributed by atoms with Crippen LogP contribution >= 0.6 is 0 Å². The van der Waals surface area contributed by atoms with Crippen LogP contribution in [0.15, 0.2) is 71.9 Å². The molecule has 2 aromatic heterocycles. The van der Waals surface area contributed by atoms with Gasteiger partial charge in [0.05, 0.1) is 34.0 Å². The second-order valence-electron chi connectivity index (χ2n) is 10.4. The van der Waals surface area contributed by atoms with Crippen molar-refractivity contribution in [3.8, 4) is 11.1 Å². The highest BCUT2D eigenvalue weighted by Gasteiger charge is 2.35. The van der Waals surface area contributed by atoms with Crippen LogP contribution in [0.4, 0.5) is 30.7 Å². The Hall–Kier alpha value is -4.37. The molecule has 45 heavy (non-hydrogen) atoms. The maximum Gasteiger partial charge on any atom is 0.417 e. The van der Waals surface area contributed by atoms with Crippen LogP contribution in [-0.2, 0) is 48.4 Å². The number of pyridine rings is 2. The first-order chi connectivity index (χ1) is 21.0. The van der Waals surface area contributed by atoms with Gasteiger partial charge in [-0.25, -0.2) is 12.8 Å². The molecular formula is C30H23F7N4O3S. The Labute approximate surface area is 252 Å². The average molecular weight is 653 g/mol. The third-order valence-corrected chi connectivity index (χ3v) is 8.30. The van der Waals surface area contributed by atoms with Crippen LogP contribution in [-0.4, -0.2) is 35.4 Å². The van der Waals surface area contributed by atoms with Gasteiger partial charge in [0.15, 0.2) is 9.84 Å². The number of carbonyl (C=O) groups excluding carboxylic acids is 1. The Morgan fingerprint density at radius 3 is 2.04 bits per heavy atom. The number of sulfone groups is 1. The minimum atomic E-state index is -4.57. The van der Waals surface area contributed by atoms with Crippen molar-refractivity contribution < 1.29 is 43.9 Å². The maximum atomic E-state index is 14.4. The van der Waals surface area contributed by atoms with E-state index in [4.69, 9.17) is 0 Å². The Morgan fingerprint density at radius 1 is 0.800 bits per heavy atom. The second kappa shape index (κ2) is 11.9. The Balaban J connectivity index is 0.000000256. The summed E-state index contributed by atoms with van der Waals surface area (Å²) in [5.41, 5.74) is 0.555. The van der Waals surface area contributed by atoms with E-state index in [9.17, 15) is 43.9 Å². The van der Waals surface area contributed by atoms with E-state index >= 15 is 0 Å². The molecule has 2 aromatic carbocycles. The fourth-order valence-electron chi connectivity index (χ4n) is 4.90. The lowest BCUT2D eigenvalue weighted by Gasteiger charge is -2.19. The van der Waals surface area contributed by atoms with E-state index < -0.39 is 45.0 Å². The number of alkyl halides is 6. The van der Waals surface area contributed by atoms with Gasteiger partial charge in [-0.15, -0.1) is 0 Å². The van der Waals surface area contributed by atoms with E-state index in [0.717, 1.165) is 30.7 Å². The number of carbonyl (C=O) groups is 1. The fourth-order valence-corrected chi connectivity index (χ4v) is 5.54. The van der Waals surface area contributed by atoms with Gasteiger partial charge in [0.25, 0.3) is 5.91 Å². The number of halogens is 7. The topological polar surface area (TPSA) is 92.3 Å². The van der Waals surface area contributed by atoms with Crippen LogP contribution < -0.4 is 5.32 Å². The molecule has 2 aliphatic heterocycles. The van der Waals surface area contributed by atoms with Gasteiger partial charge in [0.1, 0.15) is 5.82 Å². The summed E-state index contributed by atoms with van der Waals surface area (Å²) in [5, 5.41) is 2.94. The number of amides is 1. The SMILES string of the molecule is CS(=O)(=O)c1ccc(-c2ccccc2F)c(C(=O)N2Cc3cc(C(F)(F)F)cnc3C2)c1.FC(F)(F)c1cnc2c(c1)CNC2. The first-order valence-corrected chi connectivity index (χ1v) is 15.1. The minimum absolute atomic E-state index is 0.0495. The van der Waals surface area contributed by atoms with E-state index in [0.29, 0.717) is 36.2 Å². The number of hydrogen-bond acceptors (Lipinski definition) is 6. The molecule has 1 amide bonds. The monoisotopic (exact) mass is 652 g/mol. The predicted octanol–water partition coefficient (Wildman–Crippen LogP) is 6.17. The largest absolute Gasteiger partial charge is 0.417 e. The molecule has 0 unspecified atom stereocenters. The Bertz CT molecular complexity index is 1890. The van der Waals surface area contributed by atoms with Crippen molar-refractivity contribution in [1.29, 1.82) is 0 Å². The van der Waals surface area contributed by atoms with Gasteiger partial charge >= 0.3 is 12.4 Å². The quantitative estimate of drug-likeness (QED) is 0.266. The van der Waals surface area contributed by atoms with E-state index in [1.807, 2.05) is 0 Å². The summed E-state index contributed by atoms with van der Waals surface area (Å²) < 4.78 is 114. The molecule has 7 nitrogen and oxygen atoms in total. The highest BCUT2D eigenvalue weighted by molar-refractivity contribution is 7.90. The summed E-state index contributed by atoms with van der Waals surface area (Å²) >= 11 is 0. The zero-order valence-electron chi connectivity index (χ0n) is 23.3. The summed E-state index contributed by atoms with van der Waals surface area (Å²) in [6, 6.07) is 11.6. The molecule has 1 N–H and O–H groups in total. The van der Waals surface area contributed by atoms with Crippen LogP contribution in [0, 0.1) is 5.82 Å². The van der Waals surface area contributed by atoms with Crippen LogP contribution in [0.2, 0.25) is 0 Å². The highest BCUT2D eigenvalue weighted by Crippen LogP contribution is 2.35. The molecule has 236 valence electrons. The van der Waals surface area contributed by atoms with E-state index in [2.05, 4.69) is 15.3 Å². The number of aromatic nitrogens is 2. The highest BCUT2D eigenvalue weighted by atomic mass is 32.2. The van der Waals surface area contributed by atoms with E-state index in [1.165, 1.54) is 35.2 Å². The van der Waals surface area contributed by atoms with Crippen LogP contribution in [0.25, 0.3) is 11.1 Å². The summed E-state index contributed by atoms with van der Waals surface area (Å²) in [5.74, 6) is -1.24. The van der Waals surface area contributed by atoms with Gasteiger partial charge in [0.2, 0.25) is 0 Å². The molecule has 0 atom stereocenters. The normalized spacial score (nSPS) is 14.4. The zero-order valence-corrected chi connectivity index (χ0v) is 24.1. The lowest BCUT2D eigenvalue weighted by Crippen LogP contribution is -2.26. The summed E-state index contributed by atoms with van der Waals surface area (Å²) in [4.78, 5) is 22.0. The predicted molar refractivity (Wildman–Crippen MR) is 148 cm³/mol. The first kappa shape index (κ1) is 32.0. The van der Waals surface area contributed by atoms with Crippen molar-refractivity contribution in [3.63, 3.8) is 0 Å². The summed E-state index contributed by atoms with van der Waals surface area (Å²) in [6.07, 6.45) is -6.28. The number of benzene rings is 2. The summed E-state index contributed by atoms with van der Waals surface area (Å²) in [7, 11) is -3.67. The molecular weight excluding hydrogens is 629 g/mol. The number of fused-ring (bicyclic) bond motifs is 2. The number of nitrogens with zero attached hydrogens (tertiary/aromatic N) is 3. The molecule has 0 radical (unpaired) electrons. The lowest BCUT2D eigenvalue weighted by atomic mass is 9.98. The lowest BCUT2D eigenvalue weighted by molar-refractivity contribution is -0.138. The Morgan fingerprint density at radius 2 is 1.42 bits per heavy atom. The molecule has 4 aromatic rings. The van der Waals surface area contributed by atoms with Crippen LogP contribution in [0.1, 0.15) is 44.0 Å². The van der Waals surface area contributed by atoms with Crippen molar-refractivity contribution in [1.82, 2.24) is 20.2 Å². The van der Waals surface area contributed by atoms with Crippen molar-refractivity contribution in [2.45, 2.75) is 43.4 Å². The van der Waals surface area contributed by atoms with Gasteiger partial charge in [0, 0.05) is 49.4 Å². The van der Waals surface area contributed by atoms with Crippen LogP contribution in [0.5, 0.6) is 0 Å². The minimum Gasteiger partial charge on any atom is -0.328 e. The number of hydrogen-bond donors (Lipinski definition) is 1. The third-order valence-electron chi connectivity index (χ3n) is 7.18. The molecule has 0 bridgehead atoms. The van der Waals surface area contributed by atoms with Gasteiger partial charge in [-0.1, -0.05) is 24.3 Å². The number of nitrogens with one attached hydrogen (secondary N) is 1. The van der Waals surface area contributed by atoms with Gasteiger partial charge < -0.3 is 10.2 Å². The molecule has 4 heterocycles. The Kier molecular flexibility index (Phi) is 8.44. The smallest absolute Gasteiger partial charge is 0.328 e. The first-order valence-electron chi connectivity index (χ1n) is 13.2.